The Labute approximate surface area is 190 Å². The topological polar surface area (TPSA) is 76.9 Å². The Morgan fingerprint density at radius 1 is 0.969 bits per heavy atom. The summed E-state index contributed by atoms with van der Waals surface area (Å²) in [7, 11) is -3.91. The molecule has 0 fully saturated rings. The van der Waals surface area contributed by atoms with Gasteiger partial charge in [-0.3, -0.25) is 9.40 Å². The SMILES string of the molecule is Cc1ccc2nc(NS(=O)(=O)c3cn(Cc4ccccc4)nc3-c3ccccc3)sc2c1. The molecule has 0 radical (unpaired) electrons. The number of nitrogens with zero attached hydrogens (tertiary/aromatic N) is 3. The van der Waals surface area contributed by atoms with Crippen LogP contribution >= 0.6 is 11.3 Å². The summed E-state index contributed by atoms with van der Waals surface area (Å²) in [6.45, 7) is 2.47. The third-order valence-corrected chi connectivity index (χ3v) is 7.42. The van der Waals surface area contributed by atoms with Crippen molar-refractivity contribution >= 4 is 36.7 Å². The Morgan fingerprint density at radius 3 is 2.44 bits per heavy atom. The van der Waals surface area contributed by atoms with Crippen molar-refractivity contribution in [2.75, 3.05) is 4.72 Å². The first kappa shape index (κ1) is 20.4. The monoisotopic (exact) mass is 460 g/mol. The average Bonchev–Trinajstić information content (AvgIpc) is 3.38. The fraction of sp³-hybridized carbons (Fsp3) is 0.0833. The van der Waals surface area contributed by atoms with Crippen molar-refractivity contribution in [2.45, 2.75) is 18.4 Å². The number of sulfonamides is 1. The first-order valence-electron chi connectivity index (χ1n) is 10.0. The zero-order valence-electron chi connectivity index (χ0n) is 17.3. The molecule has 0 bridgehead atoms. The lowest BCUT2D eigenvalue weighted by atomic mass is 10.2. The second-order valence-electron chi connectivity index (χ2n) is 7.49. The Morgan fingerprint density at radius 2 is 1.69 bits per heavy atom. The fourth-order valence-corrected chi connectivity index (χ4v) is 5.86. The van der Waals surface area contributed by atoms with Gasteiger partial charge in [-0.05, 0) is 30.2 Å². The molecule has 0 saturated heterocycles. The molecule has 8 heteroatoms. The largest absolute Gasteiger partial charge is 0.267 e. The highest BCUT2D eigenvalue weighted by Gasteiger charge is 2.25. The molecule has 0 amide bonds. The van der Waals surface area contributed by atoms with E-state index in [4.69, 9.17) is 0 Å². The van der Waals surface area contributed by atoms with Crippen molar-refractivity contribution in [3.05, 3.63) is 96.2 Å². The van der Waals surface area contributed by atoms with Crippen LogP contribution < -0.4 is 4.72 Å². The summed E-state index contributed by atoms with van der Waals surface area (Å²) >= 11 is 1.32. The Kier molecular flexibility index (Phi) is 5.24. The molecule has 160 valence electrons. The van der Waals surface area contributed by atoms with Gasteiger partial charge in [0.25, 0.3) is 10.0 Å². The summed E-state index contributed by atoms with van der Waals surface area (Å²) in [6, 6.07) is 25.0. The second kappa shape index (κ2) is 8.22. The van der Waals surface area contributed by atoms with Gasteiger partial charge < -0.3 is 0 Å². The van der Waals surface area contributed by atoms with Gasteiger partial charge in [-0.15, -0.1) is 0 Å². The van der Waals surface area contributed by atoms with E-state index < -0.39 is 10.0 Å². The van der Waals surface area contributed by atoms with Crippen molar-refractivity contribution < 1.29 is 8.42 Å². The smallest absolute Gasteiger partial charge is 0.266 e. The Hall–Kier alpha value is -3.49. The molecule has 0 aliphatic rings. The minimum Gasteiger partial charge on any atom is -0.266 e. The second-order valence-corrected chi connectivity index (χ2v) is 10.2. The van der Waals surface area contributed by atoms with E-state index in [0.29, 0.717) is 17.4 Å². The van der Waals surface area contributed by atoms with Crippen LogP contribution in [0.3, 0.4) is 0 Å². The molecule has 0 unspecified atom stereocenters. The molecule has 2 aromatic heterocycles. The van der Waals surface area contributed by atoms with Gasteiger partial charge in [0.15, 0.2) is 5.13 Å². The minimum atomic E-state index is -3.91. The summed E-state index contributed by atoms with van der Waals surface area (Å²) in [5.41, 5.74) is 4.05. The highest BCUT2D eigenvalue weighted by Crippen LogP contribution is 2.31. The van der Waals surface area contributed by atoms with Gasteiger partial charge in [0.1, 0.15) is 10.6 Å². The molecule has 32 heavy (non-hydrogen) atoms. The summed E-state index contributed by atoms with van der Waals surface area (Å²) < 4.78 is 32.1. The number of aryl methyl sites for hydroxylation is 1. The van der Waals surface area contributed by atoms with Crippen LogP contribution in [0.5, 0.6) is 0 Å². The highest BCUT2D eigenvalue weighted by atomic mass is 32.2. The highest BCUT2D eigenvalue weighted by molar-refractivity contribution is 7.93. The third-order valence-electron chi connectivity index (χ3n) is 5.02. The van der Waals surface area contributed by atoms with Crippen LogP contribution in [0.2, 0.25) is 0 Å². The van der Waals surface area contributed by atoms with Crippen LogP contribution in [0.1, 0.15) is 11.1 Å². The molecule has 3 aromatic carbocycles. The lowest BCUT2D eigenvalue weighted by Crippen LogP contribution is -2.13. The quantitative estimate of drug-likeness (QED) is 0.372. The lowest BCUT2D eigenvalue weighted by Gasteiger charge is -2.05. The van der Waals surface area contributed by atoms with Crippen LogP contribution in [0.25, 0.3) is 21.5 Å². The number of thiazole rings is 1. The van der Waals surface area contributed by atoms with Gasteiger partial charge in [0.05, 0.1) is 16.8 Å². The molecule has 5 rings (SSSR count). The summed E-state index contributed by atoms with van der Waals surface area (Å²) in [4.78, 5) is 4.56. The molecule has 6 nitrogen and oxygen atoms in total. The van der Waals surface area contributed by atoms with Gasteiger partial charge in [0.2, 0.25) is 0 Å². The van der Waals surface area contributed by atoms with E-state index >= 15 is 0 Å². The number of fused-ring (bicyclic) bond motifs is 1. The number of benzene rings is 3. The molecule has 0 aliphatic carbocycles. The molecule has 0 aliphatic heterocycles. The molecular weight excluding hydrogens is 440 g/mol. The predicted octanol–water partition coefficient (Wildman–Crippen LogP) is 5.32. The van der Waals surface area contributed by atoms with Crippen LogP contribution in [-0.4, -0.2) is 23.2 Å². The van der Waals surface area contributed by atoms with Gasteiger partial charge in [-0.1, -0.05) is 78.1 Å². The van der Waals surface area contributed by atoms with Crippen molar-refractivity contribution in [2.24, 2.45) is 0 Å². The van der Waals surface area contributed by atoms with Crippen molar-refractivity contribution in [3.8, 4) is 11.3 Å². The van der Waals surface area contributed by atoms with Crippen LogP contribution in [0, 0.1) is 6.92 Å². The third kappa shape index (κ3) is 4.15. The number of anilines is 1. The van der Waals surface area contributed by atoms with Crippen LogP contribution in [0.15, 0.2) is 90.0 Å². The molecule has 0 atom stereocenters. The van der Waals surface area contributed by atoms with Gasteiger partial charge in [-0.25, -0.2) is 13.4 Å². The summed E-state index contributed by atoms with van der Waals surface area (Å²) in [5, 5.41) is 4.95. The Bertz CT molecular complexity index is 1490. The number of hydrogen-bond acceptors (Lipinski definition) is 5. The zero-order chi connectivity index (χ0) is 22.1. The van der Waals surface area contributed by atoms with Gasteiger partial charge in [0, 0.05) is 11.8 Å². The van der Waals surface area contributed by atoms with Crippen molar-refractivity contribution in [1.29, 1.82) is 0 Å². The maximum atomic E-state index is 13.4. The number of hydrogen-bond donors (Lipinski definition) is 1. The maximum absolute atomic E-state index is 13.4. The van der Waals surface area contributed by atoms with E-state index in [1.54, 1.807) is 10.9 Å². The molecule has 5 aromatic rings. The molecule has 0 spiro atoms. The van der Waals surface area contributed by atoms with E-state index in [-0.39, 0.29) is 4.90 Å². The first-order chi connectivity index (χ1) is 15.5. The molecule has 1 N–H and O–H groups in total. The normalized spacial score (nSPS) is 11.7. The predicted molar refractivity (Wildman–Crippen MR) is 128 cm³/mol. The molecule has 2 heterocycles. The fourth-order valence-electron chi connectivity index (χ4n) is 3.49. The van der Waals surface area contributed by atoms with E-state index in [1.807, 2.05) is 85.8 Å². The van der Waals surface area contributed by atoms with Gasteiger partial charge >= 0.3 is 0 Å². The standard InChI is InChI=1S/C24H20N4O2S2/c1-17-12-13-20-21(14-17)31-24(25-20)27-32(29,30)22-16-28(15-18-8-4-2-5-9-18)26-23(22)19-10-6-3-7-11-19/h2-14,16H,15H2,1H3,(H,25,27). The van der Waals surface area contributed by atoms with Crippen LogP contribution in [-0.2, 0) is 16.6 Å². The minimum absolute atomic E-state index is 0.120. The number of nitrogens with one attached hydrogen (secondary N) is 1. The number of aromatic nitrogens is 3. The van der Waals surface area contributed by atoms with E-state index in [2.05, 4.69) is 14.8 Å². The zero-order valence-corrected chi connectivity index (χ0v) is 18.9. The maximum Gasteiger partial charge on any atom is 0.267 e. The molecule has 0 saturated carbocycles. The van der Waals surface area contributed by atoms with Crippen LogP contribution in [0.4, 0.5) is 5.13 Å². The Balaban J connectivity index is 1.54. The van der Waals surface area contributed by atoms with Gasteiger partial charge in [-0.2, -0.15) is 5.10 Å². The summed E-state index contributed by atoms with van der Waals surface area (Å²) in [6.07, 6.45) is 1.58. The van der Waals surface area contributed by atoms with E-state index in [9.17, 15) is 8.42 Å². The molecular formula is C24H20N4O2S2. The van der Waals surface area contributed by atoms with Crippen molar-refractivity contribution in [3.63, 3.8) is 0 Å². The lowest BCUT2D eigenvalue weighted by molar-refractivity contribution is 0.601. The van der Waals surface area contributed by atoms with Crippen molar-refractivity contribution in [1.82, 2.24) is 14.8 Å². The number of rotatable bonds is 6. The van der Waals surface area contributed by atoms with E-state index in [1.165, 1.54) is 11.3 Å². The summed E-state index contributed by atoms with van der Waals surface area (Å²) in [5.74, 6) is 0. The van der Waals surface area contributed by atoms with E-state index in [0.717, 1.165) is 26.9 Å². The first-order valence-corrected chi connectivity index (χ1v) is 12.3. The average molecular weight is 461 g/mol.